The van der Waals surface area contributed by atoms with E-state index >= 15 is 0 Å². The van der Waals surface area contributed by atoms with E-state index in [0.717, 1.165) is 11.3 Å². The Morgan fingerprint density at radius 3 is 2.60 bits per heavy atom. The third kappa shape index (κ3) is 4.67. The van der Waals surface area contributed by atoms with Gasteiger partial charge in [0.2, 0.25) is 0 Å². The average Bonchev–Trinajstić information content (AvgIpc) is 3.01. The number of nitrogens with zero attached hydrogens (tertiary/aromatic N) is 3. The molecule has 1 atom stereocenters. The van der Waals surface area contributed by atoms with Crippen LogP contribution >= 0.6 is 0 Å². The highest BCUT2D eigenvalue weighted by Crippen LogP contribution is 2.17. The zero-order valence-electron chi connectivity index (χ0n) is 14.3. The number of pyridine rings is 1. The quantitative estimate of drug-likeness (QED) is 0.752. The number of urea groups is 1. The van der Waals surface area contributed by atoms with E-state index in [0.29, 0.717) is 12.2 Å². The molecule has 3 rings (SSSR count). The Labute approximate surface area is 146 Å². The lowest BCUT2D eigenvalue weighted by Gasteiger charge is -2.18. The van der Waals surface area contributed by atoms with E-state index in [1.807, 2.05) is 18.2 Å². The number of aromatic nitrogens is 3. The molecule has 0 bridgehead atoms. The van der Waals surface area contributed by atoms with Gasteiger partial charge in [0.1, 0.15) is 0 Å². The van der Waals surface area contributed by atoms with E-state index < -0.39 is 0 Å². The van der Waals surface area contributed by atoms with Gasteiger partial charge >= 0.3 is 6.03 Å². The molecule has 6 nitrogen and oxygen atoms in total. The van der Waals surface area contributed by atoms with Crippen molar-refractivity contribution in [3.8, 4) is 0 Å². The van der Waals surface area contributed by atoms with E-state index in [2.05, 4.69) is 51.9 Å². The van der Waals surface area contributed by atoms with Gasteiger partial charge in [-0.2, -0.15) is 5.10 Å². The maximum atomic E-state index is 12.4. The molecule has 0 aliphatic rings. The molecule has 2 aromatic heterocycles. The number of hydrogen-bond donors (Lipinski definition) is 2. The van der Waals surface area contributed by atoms with Crippen LogP contribution in [0.25, 0.3) is 0 Å². The summed E-state index contributed by atoms with van der Waals surface area (Å²) in [7, 11) is 1.80. The number of rotatable bonds is 5. The Hall–Kier alpha value is -3.15. The summed E-state index contributed by atoms with van der Waals surface area (Å²) < 4.78 is 1.64. The summed E-state index contributed by atoms with van der Waals surface area (Å²) >= 11 is 0. The lowest BCUT2D eigenvalue weighted by molar-refractivity contribution is 0.248. The third-order valence-electron chi connectivity index (χ3n) is 3.87. The molecule has 1 unspecified atom stereocenters. The topological polar surface area (TPSA) is 71.8 Å². The van der Waals surface area contributed by atoms with Crippen molar-refractivity contribution in [1.82, 2.24) is 20.1 Å². The Morgan fingerprint density at radius 1 is 1.16 bits per heavy atom. The Morgan fingerprint density at radius 2 is 1.96 bits per heavy atom. The Kier molecular flexibility index (Phi) is 5.09. The van der Waals surface area contributed by atoms with Crippen molar-refractivity contribution in [1.29, 1.82) is 0 Å². The summed E-state index contributed by atoms with van der Waals surface area (Å²) in [6.07, 6.45) is 4.17. The molecular weight excluding hydrogens is 314 g/mol. The second-order valence-electron chi connectivity index (χ2n) is 5.97. The Bertz CT molecular complexity index is 827. The molecule has 2 heterocycles. The molecule has 0 fully saturated rings. The van der Waals surface area contributed by atoms with E-state index in [9.17, 15) is 4.79 Å². The van der Waals surface area contributed by atoms with E-state index in [4.69, 9.17) is 0 Å². The van der Waals surface area contributed by atoms with Crippen molar-refractivity contribution in [2.75, 3.05) is 5.32 Å². The van der Waals surface area contributed by atoms with Gasteiger partial charge in [-0.1, -0.05) is 35.9 Å². The minimum atomic E-state index is -0.304. The molecule has 6 heteroatoms. The van der Waals surface area contributed by atoms with Crippen molar-refractivity contribution in [2.24, 2.45) is 7.05 Å². The van der Waals surface area contributed by atoms with Crippen LogP contribution in [-0.4, -0.2) is 20.8 Å². The first-order chi connectivity index (χ1) is 12.1. The molecule has 0 radical (unpaired) electrons. The molecule has 2 N–H and O–H groups in total. The lowest BCUT2D eigenvalue weighted by Crippen LogP contribution is -2.34. The highest BCUT2D eigenvalue weighted by atomic mass is 16.2. The fourth-order valence-corrected chi connectivity index (χ4v) is 2.56. The van der Waals surface area contributed by atoms with Crippen molar-refractivity contribution in [3.63, 3.8) is 0 Å². The molecule has 0 aliphatic carbocycles. The summed E-state index contributed by atoms with van der Waals surface area (Å²) in [6, 6.07) is 15.2. The summed E-state index contributed by atoms with van der Waals surface area (Å²) in [4.78, 5) is 16.7. The molecule has 2 amide bonds. The van der Waals surface area contributed by atoms with Crippen LogP contribution < -0.4 is 10.6 Å². The van der Waals surface area contributed by atoms with Gasteiger partial charge in [-0.15, -0.1) is 0 Å². The van der Waals surface area contributed by atoms with Crippen molar-refractivity contribution in [3.05, 3.63) is 77.7 Å². The number of aryl methyl sites for hydroxylation is 2. The number of amides is 2. The van der Waals surface area contributed by atoms with Gasteiger partial charge in [0.25, 0.3) is 0 Å². The number of nitrogens with one attached hydrogen (secondary N) is 2. The van der Waals surface area contributed by atoms with Crippen LogP contribution in [0.15, 0.2) is 60.9 Å². The normalized spacial score (nSPS) is 11.8. The van der Waals surface area contributed by atoms with Gasteiger partial charge in [0, 0.05) is 25.5 Å². The molecule has 0 saturated carbocycles. The van der Waals surface area contributed by atoms with Crippen molar-refractivity contribution < 1.29 is 4.79 Å². The first-order valence-electron chi connectivity index (χ1n) is 8.14. The zero-order chi connectivity index (χ0) is 17.6. The van der Waals surface area contributed by atoms with Crippen molar-refractivity contribution in [2.45, 2.75) is 19.4 Å². The second-order valence-corrected chi connectivity index (χ2v) is 5.97. The molecule has 25 heavy (non-hydrogen) atoms. The van der Waals surface area contributed by atoms with Gasteiger partial charge in [0.05, 0.1) is 11.7 Å². The lowest BCUT2D eigenvalue weighted by atomic mass is 10.0. The van der Waals surface area contributed by atoms with Crippen LogP contribution in [0.4, 0.5) is 10.6 Å². The first-order valence-corrected chi connectivity index (χ1v) is 8.14. The third-order valence-corrected chi connectivity index (χ3v) is 3.87. The standard InChI is InChI=1S/C19H21N5O/c1-14-6-8-15(9-7-14)13-17(16-5-3-4-11-20-16)21-19(25)22-18-10-12-24(2)23-18/h3-12,17H,13H2,1-2H3,(H2,21,22,23,25). The summed E-state index contributed by atoms with van der Waals surface area (Å²) in [5, 5.41) is 9.89. The number of hydrogen-bond acceptors (Lipinski definition) is 3. The average molecular weight is 335 g/mol. The van der Waals surface area contributed by atoms with Crippen LogP contribution in [0.2, 0.25) is 0 Å². The van der Waals surface area contributed by atoms with Gasteiger partial charge in [0.15, 0.2) is 5.82 Å². The summed E-state index contributed by atoms with van der Waals surface area (Å²) in [5.41, 5.74) is 3.16. The maximum Gasteiger partial charge on any atom is 0.321 e. The predicted molar refractivity (Wildman–Crippen MR) is 97.2 cm³/mol. The Balaban J connectivity index is 1.74. The van der Waals surface area contributed by atoms with E-state index in [-0.39, 0.29) is 12.1 Å². The number of carbonyl (C=O) groups excluding carboxylic acids is 1. The molecule has 3 aromatic rings. The van der Waals surface area contributed by atoms with E-state index in [1.54, 1.807) is 30.2 Å². The second kappa shape index (κ2) is 7.61. The van der Waals surface area contributed by atoms with Crippen LogP contribution in [0, 0.1) is 6.92 Å². The number of benzene rings is 1. The smallest absolute Gasteiger partial charge is 0.321 e. The first kappa shape index (κ1) is 16.7. The van der Waals surface area contributed by atoms with Crippen LogP contribution in [-0.2, 0) is 13.5 Å². The summed E-state index contributed by atoms with van der Waals surface area (Å²) in [6.45, 7) is 2.05. The number of anilines is 1. The molecule has 0 spiro atoms. The number of carbonyl (C=O) groups is 1. The molecule has 0 aliphatic heterocycles. The molecule has 1 aromatic carbocycles. The largest absolute Gasteiger partial charge is 0.329 e. The highest BCUT2D eigenvalue weighted by molar-refractivity contribution is 5.88. The maximum absolute atomic E-state index is 12.4. The van der Waals surface area contributed by atoms with Gasteiger partial charge in [-0.25, -0.2) is 4.79 Å². The monoisotopic (exact) mass is 335 g/mol. The summed E-state index contributed by atoms with van der Waals surface area (Å²) in [5.74, 6) is 0.509. The van der Waals surface area contributed by atoms with Gasteiger partial charge in [-0.05, 0) is 31.0 Å². The minimum Gasteiger partial charge on any atom is -0.329 e. The zero-order valence-corrected chi connectivity index (χ0v) is 14.3. The molecule has 0 saturated heterocycles. The van der Waals surface area contributed by atoms with Gasteiger partial charge in [-0.3, -0.25) is 15.0 Å². The van der Waals surface area contributed by atoms with Crippen LogP contribution in [0.5, 0.6) is 0 Å². The fourth-order valence-electron chi connectivity index (χ4n) is 2.56. The van der Waals surface area contributed by atoms with Gasteiger partial charge < -0.3 is 5.32 Å². The van der Waals surface area contributed by atoms with Crippen molar-refractivity contribution >= 4 is 11.8 Å². The van der Waals surface area contributed by atoms with Crippen LogP contribution in [0.1, 0.15) is 22.9 Å². The predicted octanol–water partition coefficient (Wildman–Crippen LogP) is 3.23. The van der Waals surface area contributed by atoms with Crippen LogP contribution in [0.3, 0.4) is 0 Å². The molecule has 128 valence electrons. The minimum absolute atomic E-state index is 0.229. The fraction of sp³-hybridized carbons (Fsp3) is 0.211. The van der Waals surface area contributed by atoms with E-state index in [1.165, 1.54) is 5.56 Å². The SMILES string of the molecule is Cc1ccc(CC(NC(=O)Nc2ccn(C)n2)c2ccccn2)cc1. The highest BCUT2D eigenvalue weighted by Gasteiger charge is 2.17. The molecular formula is C19H21N5O.